The number of rotatable bonds is 10. The molecular weight excluding hydrogens is 454 g/mol. The molecule has 3 aliphatic rings. The van der Waals surface area contributed by atoms with Crippen LogP contribution in [0.5, 0.6) is 5.75 Å². The first-order chi connectivity index (χ1) is 17.6. The molecule has 194 valence electrons. The van der Waals surface area contributed by atoms with Gasteiger partial charge in [-0.05, 0) is 50.0 Å². The van der Waals surface area contributed by atoms with E-state index in [9.17, 15) is 4.79 Å². The molecular formula is C29H39N3O4. The number of esters is 1. The Kier molecular flexibility index (Phi) is 7.91. The Morgan fingerprint density at radius 1 is 0.889 bits per heavy atom. The lowest BCUT2D eigenvalue weighted by Crippen LogP contribution is -2.50. The Balaban J connectivity index is 1.28. The molecule has 3 atom stereocenters. The van der Waals surface area contributed by atoms with Crippen molar-refractivity contribution in [2.24, 2.45) is 0 Å². The maximum atomic E-state index is 13.8. The van der Waals surface area contributed by atoms with Gasteiger partial charge in [0.15, 0.2) is 6.23 Å². The van der Waals surface area contributed by atoms with Crippen molar-refractivity contribution in [2.45, 2.75) is 37.0 Å². The van der Waals surface area contributed by atoms with Crippen molar-refractivity contribution in [1.82, 2.24) is 14.7 Å². The molecule has 3 fully saturated rings. The van der Waals surface area contributed by atoms with Gasteiger partial charge in [-0.25, -0.2) is 0 Å². The summed E-state index contributed by atoms with van der Waals surface area (Å²) in [5.74, 6) is 0.548. The monoisotopic (exact) mass is 493 g/mol. The van der Waals surface area contributed by atoms with Gasteiger partial charge in [-0.1, -0.05) is 42.5 Å². The molecule has 2 saturated heterocycles. The molecule has 1 aliphatic carbocycles. The van der Waals surface area contributed by atoms with E-state index in [0.29, 0.717) is 6.42 Å². The fraction of sp³-hybridized carbons (Fsp3) is 0.552. The van der Waals surface area contributed by atoms with Crippen LogP contribution in [0.3, 0.4) is 0 Å². The van der Waals surface area contributed by atoms with E-state index in [2.05, 4.69) is 26.8 Å². The third kappa shape index (κ3) is 5.30. The van der Waals surface area contributed by atoms with Crippen molar-refractivity contribution in [3.8, 4) is 5.75 Å². The number of carbonyl (C=O) groups excluding carboxylic acids is 1. The molecule has 2 aliphatic heterocycles. The van der Waals surface area contributed by atoms with Crippen molar-refractivity contribution in [2.75, 3.05) is 66.6 Å². The average Bonchev–Trinajstić information content (AvgIpc) is 3.46. The standard InChI is InChI=1S/C29H39N3O4/c1-34-25-12-10-24(11-13-25)29(22-26(29)35-2)28(33)36-27(23-8-4-3-5-9-23)32-20-18-31(19-21-32)17-16-30-14-6-7-15-30/h3-5,8-13,26-27H,6-7,14-22H2,1-2H3. The third-order valence-electron chi connectivity index (χ3n) is 8.12. The quantitative estimate of drug-likeness (QED) is 0.471. The molecule has 0 aromatic heterocycles. The largest absolute Gasteiger partial charge is 0.497 e. The maximum Gasteiger partial charge on any atom is 0.321 e. The number of nitrogens with zero attached hydrogens (tertiary/aromatic N) is 3. The number of methoxy groups -OCH3 is 2. The van der Waals surface area contributed by atoms with Crippen LogP contribution in [0, 0.1) is 0 Å². The summed E-state index contributed by atoms with van der Waals surface area (Å²) < 4.78 is 17.4. The second-order valence-corrected chi connectivity index (χ2v) is 10.2. The summed E-state index contributed by atoms with van der Waals surface area (Å²) in [5.41, 5.74) is 1.15. The molecule has 0 radical (unpaired) electrons. The molecule has 2 heterocycles. The number of piperazine rings is 1. The zero-order chi connectivity index (χ0) is 25.0. The molecule has 0 bridgehead atoms. The van der Waals surface area contributed by atoms with E-state index in [0.717, 1.165) is 56.1 Å². The summed E-state index contributed by atoms with van der Waals surface area (Å²) in [7, 11) is 3.31. The fourth-order valence-electron chi connectivity index (χ4n) is 5.73. The van der Waals surface area contributed by atoms with E-state index in [1.54, 1.807) is 14.2 Å². The van der Waals surface area contributed by atoms with E-state index in [1.807, 2.05) is 42.5 Å². The van der Waals surface area contributed by atoms with Gasteiger partial charge < -0.3 is 19.1 Å². The molecule has 0 N–H and O–H groups in total. The van der Waals surface area contributed by atoms with Crippen LogP contribution in [-0.4, -0.2) is 93.4 Å². The highest BCUT2D eigenvalue weighted by Crippen LogP contribution is 2.52. The minimum Gasteiger partial charge on any atom is -0.497 e. The van der Waals surface area contributed by atoms with Gasteiger partial charge in [0.2, 0.25) is 0 Å². The van der Waals surface area contributed by atoms with Gasteiger partial charge in [-0.3, -0.25) is 14.6 Å². The van der Waals surface area contributed by atoms with Gasteiger partial charge in [0.05, 0.1) is 13.2 Å². The van der Waals surface area contributed by atoms with E-state index in [4.69, 9.17) is 14.2 Å². The predicted octanol–water partition coefficient (Wildman–Crippen LogP) is 3.31. The molecule has 2 aromatic carbocycles. The Morgan fingerprint density at radius 3 is 2.11 bits per heavy atom. The number of hydrogen-bond donors (Lipinski definition) is 0. The van der Waals surface area contributed by atoms with E-state index < -0.39 is 11.6 Å². The van der Waals surface area contributed by atoms with Crippen LogP contribution in [0.2, 0.25) is 0 Å². The molecule has 7 heteroatoms. The van der Waals surface area contributed by atoms with Gasteiger partial charge >= 0.3 is 5.97 Å². The van der Waals surface area contributed by atoms with Gasteiger partial charge in [-0.15, -0.1) is 0 Å². The first-order valence-electron chi connectivity index (χ1n) is 13.3. The summed E-state index contributed by atoms with van der Waals surface area (Å²) in [6.45, 7) is 8.46. The highest BCUT2D eigenvalue weighted by atomic mass is 16.6. The van der Waals surface area contributed by atoms with E-state index in [1.165, 1.54) is 25.9 Å². The summed E-state index contributed by atoms with van der Waals surface area (Å²) in [4.78, 5) is 21.2. The Morgan fingerprint density at radius 2 is 1.53 bits per heavy atom. The summed E-state index contributed by atoms with van der Waals surface area (Å²) in [6.07, 6.45) is 2.70. The van der Waals surface area contributed by atoms with Crippen molar-refractivity contribution >= 4 is 5.97 Å². The summed E-state index contributed by atoms with van der Waals surface area (Å²) in [5, 5.41) is 0. The average molecular weight is 494 g/mol. The second-order valence-electron chi connectivity index (χ2n) is 10.2. The fourth-order valence-corrected chi connectivity index (χ4v) is 5.73. The Bertz CT molecular complexity index is 987. The molecule has 7 nitrogen and oxygen atoms in total. The van der Waals surface area contributed by atoms with E-state index >= 15 is 0 Å². The SMILES string of the molecule is COc1ccc(C2(C(=O)OC(c3ccccc3)N3CCN(CCN4CCCC4)CC3)CC2OC)cc1. The van der Waals surface area contributed by atoms with Gasteiger partial charge in [0, 0.05) is 51.9 Å². The van der Waals surface area contributed by atoms with Crippen LogP contribution >= 0.6 is 0 Å². The minimum atomic E-state index is -0.772. The highest BCUT2D eigenvalue weighted by Gasteiger charge is 2.64. The summed E-state index contributed by atoms with van der Waals surface area (Å²) in [6, 6.07) is 17.8. The number of benzene rings is 2. The zero-order valence-electron chi connectivity index (χ0n) is 21.6. The maximum absolute atomic E-state index is 13.8. The topological polar surface area (TPSA) is 54.5 Å². The van der Waals surface area contributed by atoms with Gasteiger partial charge in [0.25, 0.3) is 0 Å². The molecule has 0 amide bonds. The first-order valence-corrected chi connectivity index (χ1v) is 13.3. The first kappa shape index (κ1) is 25.2. The third-order valence-corrected chi connectivity index (χ3v) is 8.12. The van der Waals surface area contributed by atoms with E-state index in [-0.39, 0.29) is 12.1 Å². The van der Waals surface area contributed by atoms with Crippen molar-refractivity contribution < 1.29 is 19.0 Å². The van der Waals surface area contributed by atoms with Crippen LogP contribution in [0.15, 0.2) is 54.6 Å². The van der Waals surface area contributed by atoms with Crippen LogP contribution in [-0.2, 0) is 19.7 Å². The lowest BCUT2D eigenvalue weighted by atomic mass is 9.95. The molecule has 1 saturated carbocycles. The number of carbonyl (C=O) groups is 1. The molecule has 5 rings (SSSR count). The van der Waals surface area contributed by atoms with Crippen LogP contribution in [0.25, 0.3) is 0 Å². The lowest BCUT2D eigenvalue weighted by Gasteiger charge is -2.39. The number of hydrogen-bond acceptors (Lipinski definition) is 7. The van der Waals surface area contributed by atoms with Gasteiger partial charge in [0.1, 0.15) is 11.2 Å². The zero-order valence-corrected chi connectivity index (χ0v) is 21.6. The predicted molar refractivity (Wildman–Crippen MR) is 139 cm³/mol. The smallest absolute Gasteiger partial charge is 0.321 e. The van der Waals surface area contributed by atoms with Crippen molar-refractivity contribution in [1.29, 1.82) is 0 Å². The molecule has 36 heavy (non-hydrogen) atoms. The molecule has 0 spiro atoms. The van der Waals surface area contributed by atoms with Crippen LogP contribution < -0.4 is 4.74 Å². The van der Waals surface area contributed by atoms with Crippen molar-refractivity contribution in [3.63, 3.8) is 0 Å². The van der Waals surface area contributed by atoms with Crippen molar-refractivity contribution in [3.05, 3.63) is 65.7 Å². The number of ether oxygens (including phenoxy) is 3. The van der Waals surface area contributed by atoms with Gasteiger partial charge in [-0.2, -0.15) is 0 Å². The second kappa shape index (κ2) is 11.3. The molecule has 3 unspecified atom stereocenters. The Hall–Kier alpha value is -2.45. The minimum absolute atomic E-state index is 0.183. The normalized spacial score (nSPS) is 26.0. The van der Waals surface area contributed by atoms with Crippen LogP contribution in [0.4, 0.5) is 0 Å². The lowest BCUT2D eigenvalue weighted by molar-refractivity contribution is -0.166. The Labute approximate surface area is 214 Å². The number of likely N-dealkylation sites (tertiary alicyclic amines) is 1. The molecule has 2 aromatic rings. The summed E-state index contributed by atoms with van der Waals surface area (Å²) >= 11 is 0. The van der Waals surface area contributed by atoms with Crippen LogP contribution in [0.1, 0.15) is 36.6 Å². The highest BCUT2D eigenvalue weighted by molar-refractivity contribution is 5.88.